The number of aliphatic carboxylic acids is 1. The summed E-state index contributed by atoms with van der Waals surface area (Å²) in [5, 5.41) is 12.4. The van der Waals surface area contributed by atoms with Crippen molar-refractivity contribution < 1.29 is 19.5 Å². The molecule has 4 amide bonds. The molecule has 0 saturated carbocycles. The van der Waals surface area contributed by atoms with Crippen LogP contribution in [0.2, 0.25) is 0 Å². The zero-order chi connectivity index (χ0) is 10.4. The van der Waals surface area contributed by atoms with Gasteiger partial charge in [0.25, 0.3) is 0 Å². The summed E-state index contributed by atoms with van der Waals surface area (Å²) in [7, 11) is 0. The van der Waals surface area contributed by atoms with Crippen LogP contribution in [0.3, 0.4) is 0 Å². The fourth-order valence-electron chi connectivity index (χ4n) is 0.574. The van der Waals surface area contributed by atoms with Gasteiger partial charge >= 0.3 is 18.0 Å². The summed E-state index contributed by atoms with van der Waals surface area (Å²) in [6.45, 7) is -0.312. The van der Waals surface area contributed by atoms with Crippen molar-refractivity contribution in [2.24, 2.45) is 11.5 Å². The molecule has 0 rings (SSSR count). The number of carbonyl (C=O) groups is 3. The zero-order valence-electron chi connectivity index (χ0n) is 6.61. The lowest BCUT2D eigenvalue weighted by Crippen LogP contribution is -2.50. The number of nitrogens with two attached hydrogens (primary N) is 2. The summed E-state index contributed by atoms with van der Waals surface area (Å²) < 4.78 is 0. The highest BCUT2D eigenvalue weighted by Crippen LogP contribution is 1.81. The Bertz CT molecular complexity index is 229. The highest BCUT2D eigenvalue weighted by Gasteiger charge is 2.18. The topological polar surface area (TPSA) is 148 Å². The average molecular weight is 190 g/mol. The van der Waals surface area contributed by atoms with E-state index in [2.05, 4.69) is 11.5 Å². The lowest BCUT2D eigenvalue weighted by atomic mass is 10.3. The number of nitrogens with one attached hydrogen (secondary N) is 2. The quantitative estimate of drug-likeness (QED) is 0.341. The average Bonchev–Trinajstić information content (AvgIpc) is 1.96. The van der Waals surface area contributed by atoms with E-state index in [0.29, 0.717) is 0 Å². The van der Waals surface area contributed by atoms with Crippen molar-refractivity contribution in [3.63, 3.8) is 0 Å². The van der Waals surface area contributed by atoms with Gasteiger partial charge in [-0.1, -0.05) is 0 Å². The highest BCUT2D eigenvalue weighted by molar-refractivity contribution is 5.82. The van der Waals surface area contributed by atoms with Gasteiger partial charge in [0.05, 0.1) is 6.54 Å². The highest BCUT2D eigenvalue weighted by atomic mass is 16.4. The number of carboxylic acids is 1. The molecule has 0 saturated heterocycles. The van der Waals surface area contributed by atoms with Gasteiger partial charge < -0.3 is 27.2 Å². The first-order chi connectivity index (χ1) is 5.93. The van der Waals surface area contributed by atoms with E-state index in [0.717, 1.165) is 0 Å². The van der Waals surface area contributed by atoms with E-state index in [-0.39, 0.29) is 6.54 Å². The molecular formula is C5H10N4O4. The Morgan fingerprint density at radius 2 is 1.77 bits per heavy atom. The van der Waals surface area contributed by atoms with E-state index in [4.69, 9.17) is 5.11 Å². The Hall–Kier alpha value is -1.99. The molecule has 0 bridgehead atoms. The molecule has 7 N–H and O–H groups in total. The summed E-state index contributed by atoms with van der Waals surface area (Å²) in [6, 6.07) is -3.14. The SMILES string of the molecule is NC(=O)NC[C@@H](NC(N)=O)C(=O)O. The van der Waals surface area contributed by atoms with E-state index >= 15 is 0 Å². The summed E-state index contributed by atoms with van der Waals surface area (Å²) in [5.74, 6) is -1.31. The fraction of sp³-hybridized carbons (Fsp3) is 0.400. The van der Waals surface area contributed by atoms with Crippen molar-refractivity contribution in [3.05, 3.63) is 0 Å². The van der Waals surface area contributed by atoms with Crippen LogP contribution >= 0.6 is 0 Å². The summed E-state index contributed by atoms with van der Waals surface area (Å²) in [6.07, 6.45) is 0. The zero-order valence-corrected chi connectivity index (χ0v) is 6.61. The molecule has 8 heteroatoms. The first kappa shape index (κ1) is 11.0. The molecule has 0 radical (unpaired) electrons. The van der Waals surface area contributed by atoms with Gasteiger partial charge in [0.1, 0.15) is 6.04 Å². The van der Waals surface area contributed by atoms with Crippen LogP contribution in [0, 0.1) is 0 Å². The molecule has 0 heterocycles. The van der Waals surface area contributed by atoms with Crippen LogP contribution in [0.1, 0.15) is 0 Å². The molecule has 8 nitrogen and oxygen atoms in total. The molecule has 0 aromatic heterocycles. The van der Waals surface area contributed by atoms with Crippen LogP contribution in [0.15, 0.2) is 0 Å². The second-order valence-electron chi connectivity index (χ2n) is 2.14. The maximum absolute atomic E-state index is 10.4. The van der Waals surface area contributed by atoms with Gasteiger partial charge in [0, 0.05) is 0 Å². The third-order valence-corrected chi connectivity index (χ3v) is 1.10. The summed E-state index contributed by atoms with van der Waals surface area (Å²) in [5.41, 5.74) is 9.36. The number of primary amides is 2. The maximum atomic E-state index is 10.4. The Morgan fingerprint density at radius 3 is 2.08 bits per heavy atom. The number of urea groups is 2. The van der Waals surface area contributed by atoms with Crippen LogP contribution in [0.4, 0.5) is 9.59 Å². The predicted molar refractivity (Wildman–Crippen MR) is 41.7 cm³/mol. The third-order valence-electron chi connectivity index (χ3n) is 1.10. The number of carboxylic acid groups (broad SMARTS) is 1. The smallest absolute Gasteiger partial charge is 0.328 e. The Morgan fingerprint density at radius 1 is 1.23 bits per heavy atom. The van der Waals surface area contributed by atoms with E-state index in [1.807, 2.05) is 10.6 Å². The van der Waals surface area contributed by atoms with Crippen LogP contribution in [-0.2, 0) is 4.79 Å². The van der Waals surface area contributed by atoms with E-state index in [1.54, 1.807) is 0 Å². The minimum absolute atomic E-state index is 0.312. The van der Waals surface area contributed by atoms with Crippen molar-refractivity contribution in [3.8, 4) is 0 Å². The molecule has 74 valence electrons. The summed E-state index contributed by atoms with van der Waals surface area (Å²) in [4.78, 5) is 30.8. The van der Waals surface area contributed by atoms with E-state index in [1.165, 1.54) is 0 Å². The van der Waals surface area contributed by atoms with Gasteiger partial charge in [-0.05, 0) is 0 Å². The van der Waals surface area contributed by atoms with E-state index in [9.17, 15) is 14.4 Å². The second-order valence-corrected chi connectivity index (χ2v) is 2.14. The van der Waals surface area contributed by atoms with Crippen LogP contribution in [-0.4, -0.2) is 35.7 Å². The second kappa shape index (κ2) is 4.80. The van der Waals surface area contributed by atoms with Crippen molar-refractivity contribution >= 4 is 18.0 Å². The fourth-order valence-corrected chi connectivity index (χ4v) is 0.574. The molecule has 1 atom stereocenters. The number of amides is 4. The minimum atomic E-state index is -1.31. The molecule has 0 aliphatic carbocycles. The molecule has 13 heavy (non-hydrogen) atoms. The van der Waals surface area contributed by atoms with Crippen LogP contribution in [0.25, 0.3) is 0 Å². The normalized spacial score (nSPS) is 11.4. The number of hydrogen-bond donors (Lipinski definition) is 5. The van der Waals surface area contributed by atoms with Crippen LogP contribution in [0.5, 0.6) is 0 Å². The number of rotatable bonds is 4. The number of hydrogen-bond acceptors (Lipinski definition) is 3. The molecule has 0 spiro atoms. The van der Waals surface area contributed by atoms with Gasteiger partial charge in [0.2, 0.25) is 0 Å². The van der Waals surface area contributed by atoms with Gasteiger partial charge in [0.15, 0.2) is 0 Å². The van der Waals surface area contributed by atoms with E-state index < -0.39 is 24.1 Å². The summed E-state index contributed by atoms with van der Waals surface area (Å²) >= 11 is 0. The third kappa shape index (κ3) is 5.30. The maximum Gasteiger partial charge on any atom is 0.328 e. The monoisotopic (exact) mass is 190 g/mol. The van der Waals surface area contributed by atoms with Gasteiger partial charge in [-0.3, -0.25) is 0 Å². The van der Waals surface area contributed by atoms with Crippen LogP contribution < -0.4 is 22.1 Å². The molecule has 0 aromatic rings. The van der Waals surface area contributed by atoms with Crippen molar-refractivity contribution in [1.29, 1.82) is 0 Å². The van der Waals surface area contributed by atoms with Gasteiger partial charge in [-0.25, -0.2) is 14.4 Å². The molecule has 0 unspecified atom stereocenters. The van der Waals surface area contributed by atoms with Gasteiger partial charge in [-0.15, -0.1) is 0 Å². The Kier molecular flexibility index (Phi) is 4.07. The number of carbonyl (C=O) groups excluding carboxylic acids is 2. The first-order valence-electron chi connectivity index (χ1n) is 3.25. The molecular weight excluding hydrogens is 180 g/mol. The van der Waals surface area contributed by atoms with Gasteiger partial charge in [-0.2, -0.15) is 0 Å². The molecule has 0 aliphatic heterocycles. The molecule has 0 aromatic carbocycles. The lowest BCUT2D eigenvalue weighted by molar-refractivity contribution is -0.138. The Balaban J connectivity index is 4.02. The van der Waals surface area contributed by atoms with Crippen molar-refractivity contribution in [2.75, 3.05) is 6.54 Å². The standard InChI is InChI=1S/C5H10N4O4/c6-4(12)8-1-2(3(10)11)9-5(7)13/h2H,1H2,(H,10,11)(H3,6,8,12)(H3,7,9,13)/t2-/m1/s1. The lowest BCUT2D eigenvalue weighted by Gasteiger charge is -2.12. The van der Waals surface area contributed by atoms with Crippen molar-refractivity contribution in [2.45, 2.75) is 6.04 Å². The van der Waals surface area contributed by atoms with Crippen molar-refractivity contribution in [1.82, 2.24) is 10.6 Å². The first-order valence-corrected chi connectivity index (χ1v) is 3.25. The minimum Gasteiger partial charge on any atom is -0.480 e. The largest absolute Gasteiger partial charge is 0.480 e. The molecule has 0 fully saturated rings. The predicted octanol–water partition coefficient (Wildman–Crippen LogP) is -2.22. The Labute approximate surface area is 73.3 Å². The molecule has 0 aliphatic rings.